The van der Waals surface area contributed by atoms with E-state index in [0.29, 0.717) is 18.6 Å². The number of amides is 2. The monoisotopic (exact) mass is 341 g/mol. The first-order valence-electron chi connectivity index (χ1n) is 9.50. The molecule has 1 aromatic carbocycles. The molecule has 0 radical (unpaired) electrons. The van der Waals surface area contributed by atoms with E-state index < -0.39 is 0 Å². The fourth-order valence-electron chi connectivity index (χ4n) is 4.13. The largest absolute Gasteiger partial charge is 0.378 e. The molecule has 0 spiro atoms. The van der Waals surface area contributed by atoms with Crippen LogP contribution in [0.5, 0.6) is 0 Å². The smallest absolute Gasteiger partial charge is 0.317 e. The first-order chi connectivity index (χ1) is 12.3. The van der Waals surface area contributed by atoms with Crippen molar-refractivity contribution in [3.05, 3.63) is 36.0 Å². The van der Waals surface area contributed by atoms with Gasteiger partial charge in [-0.25, -0.2) is 4.79 Å². The number of hydrogen-bond donors (Lipinski definition) is 2. The standard InChI is InChI=1S/C20H27N3O2/c24-20(23-11-8-15(9-12-23)19-6-3-13-25-19)21-10-7-17-14-16-4-1-2-5-18(16)22-17/h1-2,4-5,14-15,19,22H,3,6-13H2,(H,21,24)/t19-/m1/s1. The highest BCUT2D eigenvalue weighted by Gasteiger charge is 2.30. The molecule has 0 unspecified atom stereocenters. The molecule has 2 aliphatic rings. The number of nitrogens with zero attached hydrogens (tertiary/aromatic N) is 1. The molecule has 2 fully saturated rings. The van der Waals surface area contributed by atoms with Crippen LogP contribution in [0.15, 0.2) is 30.3 Å². The molecular formula is C20H27N3O2. The maximum atomic E-state index is 12.4. The van der Waals surface area contributed by atoms with E-state index in [9.17, 15) is 4.79 Å². The maximum Gasteiger partial charge on any atom is 0.317 e. The molecule has 5 heteroatoms. The van der Waals surface area contributed by atoms with Gasteiger partial charge in [0.15, 0.2) is 0 Å². The van der Waals surface area contributed by atoms with Crippen LogP contribution in [-0.4, -0.2) is 48.3 Å². The highest BCUT2D eigenvalue weighted by molar-refractivity contribution is 5.80. The quantitative estimate of drug-likeness (QED) is 0.896. The third-order valence-corrected chi connectivity index (χ3v) is 5.57. The number of rotatable bonds is 4. The molecule has 1 aromatic heterocycles. The molecule has 2 saturated heterocycles. The molecule has 25 heavy (non-hydrogen) atoms. The lowest BCUT2D eigenvalue weighted by Crippen LogP contribution is -2.46. The van der Waals surface area contributed by atoms with Crippen LogP contribution in [0.3, 0.4) is 0 Å². The van der Waals surface area contributed by atoms with Gasteiger partial charge in [0.05, 0.1) is 6.10 Å². The number of aromatic nitrogens is 1. The lowest BCUT2D eigenvalue weighted by atomic mass is 9.90. The number of piperidine rings is 1. The fraction of sp³-hybridized carbons (Fsp3) is 0.550. The summed E-state index contributed by atoms with van der Waals surface area (Å²) < 4.78 is 5.80. The molecule has 0 bridgehead atoms. The summed E-state index contributed by atoms with van der Waals surface area (Å²) in [5, 5.41) is 4.29. The third-order valence-electron chi connectivity index (χ3n) is 5.57. The van der Waals surface area contributed by atoms with Gasteiger partial charge in [0.25, 0.3) is 0 Å². The normalized spacial score (nSPS) is 21.8. The van der Waals surface area contributed by atoms with E-state index in [1.54, 1.807) is 0 Å². The minimum Gasteiger partial charge on any atom is -0.378 e. The van der Waals surface area contributed by atoms with Gasteiger partial charge in [-0.3, -0.25) is 0 Å². The second-order valence-electron chi connectivity index (χ2n) is 7.24. The van der Waals surface area contributed by atoms with Crippen LogP contribution in [0.25, 0.3) is 10.9 Å². The Labute approximate surface area is 148 Å². The van der Waals surface area contributed by atoms with Crippen molar-refractivity contribution in [2.75, 3.05) is 26.2 Å². The maximum absolute atomic E-state index is 12.4. The minimum atomic E-state index is 0.0712. The van der Waals surface area contributed by atoms with Crippen molar-refractivity contribution >= 4 is 16.9 Å². The molecule has 4 rings (SSSR count). The van der Waals surface area contributed by atoms with Crippen molar-refractivity contribution in [1.82, 2.24) is 15.2 Å². The Kier molecular flexibility index (Phi) is 4.92. The van der Waals surface area contributed by atoms with Crippen molar-refractivity contribution in [1.29, 1.82) is 0 Å². The topological polar surface area (TPSA) is 57.4 Å². The number of carbonyl (C=O) groups is 1. The number of benzene rings is 1. The van der Waals surface area contributed by atoms with Crippen molar-refractivity contribution in [2.45, 2.75) is 38.2 Å². The van der Waals surface area contributed by atoms with Gasteiger partial charge >= 0.3 is 6.03 Å². The Morgan fingerprint density at radius 3 is 2.84 bits per heavy atom. The highest BCUT2D eigenvalue weighted by Crippen LogP contribution is 2.28. The zero-order valence-corrected chi connectivity index (χ0v) is 14.7. The van der Waals surface area contributed by atoms with Crippen LogP contribution in [0, 0.1) is 5.92 Å². The van der Waals surface area contributed by atoms with Gasteiger partial charge < -0.3 is 19.9 Å². The molecule has 0 aliphatic carbocycles. The second kappa shape index (κ2) is 7.48. The third kappa shape index (κ3) is 3.82. The molecule has 2 aliphatic heterocycles. The van der Waals surface area contributed by atoms with Crippen molar-refractivity contribution in [2.24, 2.45) is 5.92 Å². The van der Waals surface area contributed by atoms with Crippen molar-refractivity contribution in [3.8, 4) is 0 Å². The van der Waals surface area contributed by atoms with Gasteiger partial charge in [-0.1, -0.05) is 18.2 Å². The summed E-state index contributed by atoms with van der Waals surface area (Å²) in [5.74, 6) is 0.637. The molecule has 3 heterocycles. The van der Waals surface area contributed by atoms with Crippen LogP contribution in [0.1, 0.15) is 31.4 Å². The summed E-state index contributed by atoms with van der Waals surface area (Å²) in [5.41, 5.74) is 2.32. The Bertz CT molecular complexity index is 680. The van der Waals surface area contributed by atoms with E-state index in [1.807, 2.05) is 17.0 Å². The summed E-state index contributed by atoms with van der Waals surface area (Å²) in [4.78, 5) is 17.7. The number of urea groups is 1. The summed E-state index contributed by atoms with van der Waals surface area (Å²) >= 11 is 0. The molecular weight excluding hydrogens is 314 g/mol. The van der Waals surface area contributed by atoms with E-state index >= 15 is 0 Å². The second-order valence-corrected chi connectivity index (χ2v) is 7.24. The lowest BCUT2D eigenvalue weighted by molar-refractivity contribution is 0.0372. The zero-order valence-electron chi connectivity index (χ0n) is 14.7. The summed E-state index contributed by atoms with van der Waals surface area (Å²) in [6.45, 7) is 3.28. The van der Waals surface area contributed by atoms with Crippen LogP contribution < -0.4 is 5.32 Å². The number of nitrogens with one attached hydrogen (secondary N) is 2. The molecule has 1 atom stereocenters. The molecule has 0 saturated carbocycles. The number of para-hydroxylation sites is 1. The van der Waals surface area contributed by atoms with E-state index in [1.165, 1.54) is 23.9 Å². The highest BCUT2D eigenvalue weighted by atomic mass is 16.5. The van der Waals surface area contributed by atoms with Gasteiger partial charge in [0.2, 0.25) is 0 Å². The van der Waals surface area contributed by atoms with Crippen LogP contribution in [0.2, 0.25) is 0 Å². The van der Waals surface area contributed by atoms with E-state index in [-0.39, 0.29) is 6.03 Å². The van der Waals surface area contributed by atoms with E-state index in [2.05, 4.69) is 28.5 Å². The van der Waals surface area contributed by atoms with Crippen molar-refractivity contribution in [3.63, 3.8) is 0 Å². The predicted octanol–water partition coefficient (Wildman–Crippen LogP) is 3.31. The molecule has 2 N–H and O–H groups in total. The number of H-pyrrole nitrogens is 1. The van der Waals surface area contributed by atoms with Gasteiger partial charge in [-0.05, 0) is 49.1 Å². The number of carbonyl (C=O) groups excluding carboxylic acids is 1. The van der Waals surface area contributed by atoms with Gasteiger partial charge in [-0.15, -0.1) is 0 Å². The Hall–Kier alpha value is -2.01. The number of ether oxygens (including phenoxy) is 1. The number of hydrogen-bond acceptors (Lipinski definition) is 2. The molecule has 5 nitrogen and oxygen atoms in total. The zero-order chi connectivity index (χ0) is 17.1. The summed E-state index contributed by atoms with van der Waals surface area (Å²) in [6.07, 6.45) is 5.79. The first kappa shape index (κ1) is 16.5. The summed E-state index contributed by atoms with van der Waals surface area (Å²) in [7, 11) is 0. The Morgan fingerprint density at radius 1 is 1.24 bits per heavy atom. The number of likely N-dealkylation sites (tertiary alicyclic amines) is 1. The Balaban J connectivity index is 1.21. The molecule has 2 amide bonds. The predicted molar refractivity (Wildman–Crippen MR) is 98.7 cm³/mol. The average Bonchev–Trinajstić information content (AvgIpc) is 3.31. The number of aromatic amines is 1. The van der Waals surface area contributed by atoms with Gasteiger partial charge in [-0.2, -0.15) is 0 Å². The number of fused-ring (bicyclic) bond motifs is 1. The van der Waals surface area contributed by atoms with Crippen LogP contribution in [0.4, 0.5) is 4.79 Å². The molecule has 2 aromatic rings. The fourth-order valence-corrected chi connectivity index (χ4v) is 4.13. The molecule has 134 valence electrons. The Morgan fingerprint density at radius 2 is 2.08 bits per heavy atom. The SMILES string of the molecule is O=C(NCCc1cc2ccccc2[nH]1)N1CCC([C@H]2CCCO2)CC1. The van der Waals surface area contributed by atoms with E-state index in [0.717, 1.165) is 44.5 Å². The van der Waals surface area contributed by atoms with Gasteiger partial charge in [0, 0.05) is 43.9 Å². The van der Waals surface area contributed by atoms with Crippen molar-refractivity contribution < 1.29 is 9.53 Å². The van der Waals surface area contributed by atoms with Crippen LogP contribution >= 0.6 is 0 Å². The van der Waals surface area contributed by atoms with Crippen LogP contribution in [-0.2, 0) is 11.2 Å². The van der Waals surface area contributed by atoms with E-state index in [4.69, 9.17) is 4.74 Å². The first-order valence-corrected chi connectivity index (χ1v) is 9.50. The summed E-state index contributed by atoms with van der Waals surface area (Å²) in [6, 6.07) is 10.5. The average molecular weight is 341 g/mol. The lowest BCUT2D eigenvalue weighted by Gasteiger charge is -2.34. The van der Waals surface area contributed by atoms with Gasteiger partial charge in [0.1, 0.15) is 0 Å². The minimum absolute atomic E-state index is 0.0712.